The zero-order valence-corrected chi connectivity index (χ0v) is 14.3. The standard InChI is InChI=1S/C21H19ClO2/c1-2-3-6-18-19(13-23)16-7-4-5-8-17(16)20(18)21(24)14-9-11-15(22)12-10-14/h4-5,7-13,23H,2-3,6H2,1H3/b19-13-. The molecule has 0 atom stereocenters. The average molecular weight is 339 g/mol. The van der Waals surface area contributed by atoms with E-state index in [0.717, 1.165) is 47.8 Å². The fourth-order valence-electron chi connectivity index (χ4n) is 3.16. The number of aliphatic hydroxyl groups is 1. The van der Waals surface area contributed by atoms with Crippen LogP contribution in [0.5, 0.6) is 0 Å². The molecular formula is C21H19ClO2. The van der Waals surface area contributed by atoms with Crippen LogP contribution in [0.15, 0.2) is 60.4 Å². The minimum atomic E-state index is -0.0259. The number of hydrogen-bond donors (Lipinski definition) is 1. The van der Waals surface area contributed by atoms with Gasteiger partial charge >= 0.3 is 0 Å². The number of aliphatic hydroxyl groups excluding tert-OH is 1. The number of hydrogen-bond acceptors (Lipinski definition) is 2. The highest BCUT2D eigenvalue weighted by Gasteiger charge is 2.30. The van der Waals surface area contributed by atoms with Gasteiger partial charge in [-0.3, -0.25) is 4.79 Å². The van der Waals surface area contributed by atoms with Crippen molar-refractivity contribution < 1.29 is 9.90 Å². The molecule has 0 saturated heterocycles. The second-order valence-corrected chi connectivity index (χ2v) is 6.32. The maximum Gasteiger partial charge on any atom is 0.193 e. The molecule has 3 heteroatoms. The molecular weight excluding hydrogens is 320 g/mol. The number of Topliss-reactive ketones (excluding diaryl/α,β-unsaturated/α-hetero) is 1. The number of halogens is 1. The van der Waals surface area contributed by atoms with Crippen LogP contribution < -0.4 is 0 Å². The molecule has 2 aromatic carbocycles. The Morgan fingerprint density at radius 3 is 2.38 bits per heavy atom. The van der Waals surface area contributed by atoms with Crippen molar-refractivity contribution in [3.8, 4) is 0 Å². The third-order valence-corrected chi connectivity index (χ3v) is 4.61. The molecule has 122 valence electrons. The number of benzene rings is 2. The van der Waals surface area contributed by atoms with E-state index in [9.17, 15) is 9.90 Å². The van der Waals surface area contributed by atoms with E-state index in [1.54, 1.807) is 24.3 Å². The topological polar surface area (TPSA) is 37.3 Å². The molecule has 0 fully saturated rings. The van der Waals surface area contributed by atoms with E-state index < -0.39 is 0 Å². The molecule has 0 amide bonds. The number of carbonyl (C=O) groups excluding carboxylic acids is 1. The van der Waals surface area contributed by atoms with Gasteiger partial charge in [-0.2, -0.15) is 0 Å². The van der Waals surface area contributed by atoms with Crippen LogP contribution in [0.25, 0.3) is 11.1 Å². The fraction of sp³-hybridized carbons (Fsp3) is 0.190. The van der Waals surface area contributed by atoms with Crippen LogP contribution in [0.4, 0.5) is 0 Å². The summed E-state index contributed by atoms with van der Waals surface area (Å²) in [6, 6.07) is 14.7. The Hall–Kier alpha value is -2.32. The number of fused-ring (bicyclic) bond motifs is 1. The number of ketones is 1. The Kier molecular flexibility index (Phi) is 4.86. The minimum absolute atomic E-state index is 0.0259. The van der Waals surface area contributed by atoms with E-state index >= 15 is 0 Å². The van der Waals surface area contributed by atoms with Gasteiger partial charge < -0.3 is 5.11 Å². The van der Waals surface area contributed by atoms with Crippen LogP contribution in [0.3, 0.4) is 0 Å². The van der Waals surface area contributed by atoms with E-state index in [2.05, 4.69) is 6.92 Å². The van der Waals surface area contributed by atoms with Crippen molar-refractivity contribution in [2.45, 2.75) is 26.2 Å². The van der Waals surface area contributed by atoms with Gasteiger partial charge in [-0.15, -0.1) is 0 Å². The third kappa shape index (κ3) is 2.90. The molecule has 0 heterocycles. The maximum absolute atomic E-state index is 13.1. The maximum atomic E-state index is 13.1. The lowest BCUT2D eigenvalue weighted by molar-refractivity contribution is 0.105. The zero-order chi connectivity index (χ0) is 17.1. The molecule has 0 spiro atoms. The Bertz CT molecular complexity index is 829. The second kappa shape index (κ2) is 7.06. The summed E-state index contributed by atoms with van der Waals surface area (Å²) in [7, 11) is 0. The quantitative estimate of drug-likeness (QED) is 0.530. The summed E-state index contributed by atoms with van der Waals surface area (Å²) >= 11 is 5.93. The van der Waals surface area contributed by atoms with Crippen LogP contribution in [0, 0.1) is 0 Å². The molecule has 1 aliphatic rings. The molecule has 0 saturated carbocycles. The molecule has 0 aromatic heterocycles. The first kappa shape index (κ1) is 16.5. The molecule has 1 aliphatic carbocycles. The van der Waals surface area contributed by atoms with Crippen molar-refractivity contribution >= 4 is 28.5 Å². The van der Waals surface area contributed by atoms with Crippen molar-refractivity contribution in [2.24, 2.45) is 0 Å². The van der Waals surface area contributed by atoms with Crippen molar-refractivity contribution in [2.75, 3.05) is 0 Å². The molecule has 2 aromatic rings. The van der Waals surface area contributed by atoms with Crippen LogP contribution in [-0.4, -0.2) is 10.9 Å². The SMILES string of the molecule is CCCCC1=C(C(=O)c2ccc(Cl)cc2)c2ccccc2/C1=C/O. The lowest BCUT2D eigenvalue weighted by Gasteiger charge is -2.08. The van der Waals surface area contributed by atoms with E-state index in [-0.39, 0.29) is 5.78 Å². The third-order valence-electron chi connectivity index (χ3n) is 4.36. The van der Waals surface area contributed by atoms with Crippen molar-refractivity contribution in [1.82, 2.24) is 0 Å². The van der Waals surface area contributed by atoms with Gasteiger partial charge in [0.25, 0.3) is 0 Å². The highest BCUT2D eigenvalue weighted by molar-refractivity contribution is 6.35. The van der Waals surface area contributed by atoms with Gasteiger partial charge in [0.15, 0.2) is 5.78 Å². The summed E-state index contributed by atoms with van der Waals surface area (Å²) in [4.78, 5) is 13.1. The van der Waals surface area contributed by atoms with Crippen molar-refractivity contribution in [3.63, 3.8) is 0 Å². The summed E-state index contributed by atoms with van der Waals surface area (Å²) < 4.78 is 0. The number of rotatable bonds is 5. The lowest BCUT2D eigenvalue weighted by atomic mass is 9.94. The Balaban J connectivity index is 2.15. The minimum Gasteiger partial charge on any atom is -0.515 e. The molecule has 2 nitrogen and oxygen atoms in total. The summed E-state index contributed by atoms with van der Waals surface area (Å²) in [5.74, 6) is -0.0259. The van der Waals surface area contributed by atoms with Crippen molar-refractivity contribution in [3.05, 3.63) is 82.1 Å². The Morgan fingerprint density at radius 2 is 1.75 bits per heavy atom. The van der Waals surface area contributed by atoms with Gasteiger partial charge in [0, 0.05) is 21.7 Å². The summed E-state index contributed by atoms with van der Waals surface area (Å²) in [5, 5.41) is 10.4. The van der Waals surface area contributed by atoms with Crippen molar-refractivity contribution in [1.29, 1.82) is 0 Å². The second-order valence-electron chi connectivity index (χ2n) is 5.88. The first-order valence-electron chi connectivity index (χ1n) is 8.15. The van der Waals surface area contributed by atoms with E-state index in [1.807, 2.05) is 24.3 Å². The number of carbonyl (C=O) groups is 1. The van der Waals surface area contributed by atoms with Gasteiger partial charge in [-0.25, -0.2) is 0 Å². The smallest absolute Gasteiger partial charge is 0.193 e. The van der Waals surface area contributed by atoms with Gasteiger partial charge in [0.1, 0.15) is 0 Å². The first-order chi connectivity index (χ1) is 11.7. The van der Waals surface area contributed by atoms with E-state index in [4.69, 9.17) is 11.6 Å². The van der Waals surface area contributed by atoms with Crippen LogP contribution in [0.1, 0.15) is 47.7 Å². The average Bonchev–Trinajstić information content (AvgIpc) is 2.93. The zero-order valence-electron chi connectivity index (χ0n) is 13.6. The van der Waals surface area contributed by atoms with Gasteiger partial charge in [0.2, 0.25) is 0 Å². The fourth-order valence-corrected chi connectivity index (χ4v) is 3.29. The Morgan fingerprint density at radius 1 is 1.08 bits per heavy atom. The van der Waals surface area contributed by atoms with E-state index in [0.29, 0.717) is 16.2 Å². The normalized spacial score (nSPS) is 15.0. The summed E-state index contributed by atoms with van der Waals surface area (Å²) in [6.07, 6.45) is 3.90. The molecule has 24 heavy (non-hydrogen) atoms. The summed E-state index contributed by atoms with van der Waals surface area (Å²) in [5.41, 5.74) is 4.81. The van der Waals surface area contributed by atoms with Gasteiger partial charge in [0.05, 0.1) is 6.26 Å². The molecule has 0 aliphatic heterocycles. The van der Waals surface area contributed by atoms with Gasteiger partial charge in [-0.05, 0) is 53.8 Å². The molecule has 1 N–H and O–H groups in total. The number of allylic oxidation sites excluding steroid dienone is 3. The lowest BCUT2D eigenvalue weighted by Crippen LogP contribution is -2.03. The van der Waals surface area contributed by atoms with Crippen LogP contribution in [-0.2, 0) is 0 Å². The largest absolute Gasteiger partial charge is 0.515 e. The first-order valence-corrected chi connectivity index (χ1v) is 8.53. The molecule has 3 rings (SSSR count). The highest BCUT2D eigenvalue weighted by atomic mass is 35.5. The Labute approximate surface area is 147 Å². The highest BCUT2D eigenvalue weighted by Crippen LogP contribution is 2.44. The van der Waals surface area contributed by atoms with Crippen LogP contribution in [0.2, 0.25) is 5.02 Å². The van der Waals surface area contributed by atoms with Gasteiger partial charge in [-0.1, -0.05) is 49.2 Å². The van der Waals surface area contributed by atoms with Crippen LogP contribution >= 0.6 is 11.6 Å². The monoisotopic (exact) mass is 338 g/mol. The van der Waals surface area contributed by atoms with E-state index in [1.165, 1.54) is 0 Å². The summed E-state index contributed by atoms with van der Waals surface area (Å²) in [6.45, 7) is 2.12. The molecule has 0 radical (unpaired) electrons. The molecule has 0 bridgehead atoms. The predicted octanol–water partition coefficient (Wildman–Crippen LogP) is 6.08. The number of unbranched alkanes of at least 4 members (excludes halogenated alkanes) is 1. The molecule has 0 unspecified atom stereocenters. The predicted molar refractivity (Wildman–Crippen MR) is 99.3 cm³/mol.